The second kappa shape index (κ2) is 7.97. The largest absolute Gasteiger partial charge is 0.358 e. The van der Waals surface area contributed by atoms with Crippen LogP contribution in [0.5, 0.6) is 0 Å². The maximum atomic E-state index is 12.1. The van der Waals surface area contributed by atoms with Crippen molar-refractivity contribution in [3.63, 3.8) is 0 Å². The Morgan fingerprint density at radius 2 is 2.04 bits per heavy atom. The van der Waals surface area contributed by atoms with Gasteiger partial charge < -0.3 is 15.5 Å². The van der Waals surface area contributed by atoms with Gasteiger partial charge in [-0.15, -0.1) is 0 Å². The zero-order valence-electron chi connectivity index (χ0n) is 15.2. The third kappa shape index (κ3) is 5.20. The van der Waals surface area contributed by atoms with Crippen LogP contribution in [-0.2, 0) is 11.2 Å². The van der Waals surface area contributed by atoms with E-state index in [9.17, 15) is 4.79 Å². The van der Waals surface area contributed by atoms with Crippen LogP contribution in [-0.4, -0.2) is 34.0 Å². The lowest BCUT2D eigenvalue weighted by molar-refractivity contribution is -0.116. The Hall–Kier alpha value is -1.62. The van der Waals surface area contributed by atoms with Crippen molar-refractivity contribution in [1.29, 1.82) is 0 Å². The maximum Gasteiger partial charge on any atom is 0.224 e. The molecule has 1 aromatic rings. The summed E-state index contributed by atoms with van der Waals surface area (Å²) in [6.45, 7) is 9.47. The minimum Gasteiger partial charge on any atom is -0.358 e. The van der Waals surface area contributed by atoms with Gasteiger partial charge in [-0.2, -0.15) is 0 Å². The highest BCUT2D eigenvalue weighted by Gasteiger charge is 2.32. The van der Waals surface area contributed by atoms with E-state index in [1.54, 1.807) is 0 Å². The summed E-state index contributed by atoms with van der Waals surface area (Å²) in [6.07, 6.45) is 3.35. The topological polar surface area (TPSA) is 44.4 Å². The lowest BCUT2D eigenvalue weighted by Gasteiger charge is -2.44. The molecular weight excluding hydrogens is 318 g/mol. The van der Waals surface area contributed by atoms with Gasteiger partial charge in [-0.25, -0.2) is 0 Å². The maximum absolute atomic E-state index is 12.1. The van der Waals surface area contributed by atoms with Crippen molar-refractivity contribution in [2.75, 3.05) is 11.9 Å². The fraction of sp³-hybridized carbons (Fsp3) is 0.579. The quantitative estimate of drug-likeness (QED) is 0.770. The standard InChI is InChI=1S/C19H29N3OS/c1-5-15-8-10-16(11-9-15)20-17(23)7-6-12-22-14(2)13-19(3,4)21-18(22)24/h8-11,14H,5-7,12-13H2,1-4H3,(H,20,23)(H,21,24). The van der Waals surface area contributed by atoms with Crippen LogP contribution in [0.4, 0.5) is 5.69 Å². The predicted molar refractivity (Wildman–Crippen MR) is 104 cm³/mol. The van der Waals surface area contributed by atoms with Crippen molar-refractivity contribution in [2.45, 2.75) is 65.0 Å². The van der Waals surface area contributed by atoms with Gasteiger partial charge in [0.2, 0.25) is 5.91 Å². The number of carbonyl (C=O) groups is 1. The fourth-order valence-electron chi connectivity index (χ4n) is 3.24. The lowest BCUT2D eigenvalue weighted by Crippen LogP contribution is -2.60. The third-order valence-electron chi connectivity index (χ3n) is 4.49. The highest BCUT2D eigenvalue weighted by atomic mass is 32.1. The van der Waals surface area contributed by atoms with E-state index < -0.39 is 0 Å². The van der Waals surface area contributed by atoms with Crippen LogP contribution in [0.15, 0.2) is 24.3 Å². The van der Waals surface area contributed by atoms with Gasteiger partial charge in [0.25, 0.3) is 0 Å². The van der Waals surface area contributed by atoms with E-state index in [1.807, 2.05) is 12.1 Å². The molecule has 2 N–H and O–H groups in total. The molecule has 0 bridgehead atoms. The summed E-state index contributed by atoms with van der Waals surface area (Å²) >= 11 is 5.48. The summed E-state index contributed by atoms with van der Waals surface area (Å²) in [5.41, 5.74) is 2.19. The van der Waals surface area contributed by atoms with Crippen LogP contribution >= 0.6 is 12.2 Å². The predicted octanol–water partition coefficient (Wildman–Crippen LogP) is 3.72. The average molecular weight is 348 g/mol. The molecule has 1 unspecified atom stereocenters. The molecule has 0 spiro atoms. The van der Waals surface area contributed by atoms with Crippen molar-refractivity contribution in [2.24, 2.45) is 0 Å². The molecule has 4 nitrogen and oxygen atoms in total. The Balaban J connectivity index is 1.77. The molecule has 1 fully saturated rings. The Bertz CT molecular complexity index is 583. The molecule has 5 heteroatoms. The lowest BCUT2D eigenvalue weighted by atomic mass is 9.93. The number of thiocarbonyl (C=S) groups is 1. The SMILES string of the molecule is CCc1ccc(NC(=O)CCCN2C(=S)NC(C)(C)CC2C)cc1. The Morgan fingerprint density at radius 3 is 2.62 bits per heavy atom. The number of aryl methyl sites for hydroxylation is 1. The second-order valence-corrected chi connectivity index (χ2v) is 7.65. The van der Waals surface area contributed by atoms with Crippen LogP contribution in [0.25, 0.3) is 0 Å². The highest BCUT2D eigenvalue weighted by Crippen LogP contribution is 2.22. The first-order valence-electron chi connectivity index (χ1n) is 8.78. The van der Waals surface area contributed by atoms with Crippen molar-refractivity contribution < 1.29 is 4.79 Å². The van der Waals surface area contributed by atoms with Crippen LogP contribution in [0.3, 0.4) is 0 Å². The monoisotopic (exact) mass is 347 g/mol. The first-order chi connectivity index (χ1) is 11.3. The molecular formula is C19H29N3OS. The first-order valence-corrected chi connectivity index (χ1v) is 9.19. The zero-order valence-corrected chi connectivity index (χ0v) is 16.0. The highest BCUT2D eigenvalue weighted by molar-refractivity contribution is 7.80. The van der Waals surface area contributed by atoms with Gasteiger partial charge >= 0.3 is 0 Å². The molecule has 24 heavy (non-hydrogen) atoms. The molecule has 1 amide bonds. The molecule has 1 aliphatic rings. The van der Waals surface area contributed by atoms with E-state index in [-0.39, 0.29) is 11.4 Å². The normalized spacial score (nSPS) is 19.8. The summed E-state index contributed by atoms with van der Waals surface area (Å²) in [6, 6.07) is 8.43. The fourth-order valence-corrected chi connectivity index (χ4v) is 3.79. The minimum atomic E-state index is 0.0506. The van der Waals surface area contributed by atoms with Crippen LogP contribution in [0.2, 0.25) is 0 Å². The number of anilines is 1. The van der Waals surface area contributed by atoms with Gasteiger partial charge in [-0.05, 0) is 69.9 Å². The van der Waals surface area contributed by atoms with Crippen LogP contribution in [0.1, 0.15) is 52.5 Å². The van der Waals surface area contributed by atoms with E-state index in [2.05, 4.69) is 55.4 Å². The van der Waals surface area contributed by atoms with Crippen LogP contribution < -0.4 is 10.6 Å². The van der Waals surface area contributed by atoms with Crippen molar-refractivity contribution in [3.05, 3.63) is 29.8 Å². The van der Waals surface area contributed by atoms with Gasteiger partial charge in [0, 0.05) is 30.2 Å². The van der Waals surface area contributed by atoms with Crippen molar-refractivity contribution in [1.82, 2.24) is 10.2 Å². The molecule has 2 rings (SSSR count). The van der Waals surface area contributed by atoms with E-state index in [0.29, 0.717) is 12.5 Å². The van der Waals surface area contributed by atoms with Gasteiger partial charge in [0.15, 0.2) is 5.11 Å². The Morgan fingerprint density at radius 1 is 1.38 bits per heavy atom. The van der Waals surface area contributed by atoms with Gasteiger partial charge in [0.1, 0.15) is 0 Å². The third-order valence-corrected chi connectivity index (χ3v) is 4.83. The summed E-state index contributed by atoms with van der Waals surface area (Å²) in [7, 11) is 0. The molecule has 1 heterocycles. The molecule has 1 aliphatic heterocycles. The van der Waals surface area contributed by atoms with Gasteiger partial charge in [-0.1, -0.05) is 19.1 Å². The average Bonchev–Trinajstić information content (AvgIpc) is 2.49. The molecule has 1 aromatic carbocycles. The molecule has 1 saturated heterocycles. The number of carbonyl (C=O) groups excluding carboxylic acids is 1. The minimum absolute atomic E-state index is 0.0506. The van der Waals surface area contributed by atoms with E-state index in [0.717, 1.165) is 36.6 Å². The summed E-state index contributed by atoms with van der Waals surface area (Å²) in [5.74, 6) is 0.0584. The van der Waals surface area contributed by atoms with E-state index in [1.165, 1.54) is 5.56 Å². The molecule has 0 saturated carbocycles. The number of amides is 1. The number of hydrogen-bond acceptors (Lipinski definition) is 2. The van der Waals surface area contributed by atoms with Crippen LogP contribution in [0, 0.1) is 0 Å². The van der Waals surface area contributed by atoms with Gasteiger partial charge in [-0.3, -0.25) is 4.79 Å². The molecule has 1 atom stereocenters. The molecule has 132 valence electrons. The van der Waals surface area contributed by atoms with Crippen molar-refractivity contribution in [3.8, 4) is 0 Å². The van der Waals surface area contributed by atoms with E-state index in [4.69, 9.17) is 12.2 Å². The zero-order chi connectivity index (χ0) is 17.7. The van der Waals surface area contributed by atoms with Crippen molar-refractivity contribution >= 4 is 28.9 Å². The summed E-state index contributed by atoms with van der Waals surface area (Å²) in [5, 5.41) is 7.14. The molecule has 0 aromatic heterocycles. The number of rotatable bonds is 6. The number of nitrogens with zero attached hydrogens (tertiary/aromatic N) is 1. The number of benzene rings is 1. The smallest absolute Gasteiger partial charge is 0.224 e. The van der Waals surface area contributed by atoms with Gasteiger partial charge in [0.05, 0.1) is 0 Å². The van der Waals surface area contributed by atoms with E-state index >= 15 is 0 Å². The summed E-state index contributed by atoms with van der Waals surface area (Å²) in [4.78, 5) is 14.3. The summed E-state index contributed by atoms with van der Waals surface area (Å²) < 4.78 is 0. The molecule has 0 radical (unpaired) electrons. The Labute approximate surface area is 151 Å². The second-order valence-electron chi connectivity index (χ2n) is 7.26. The molecule has 0 aliphatic carbocycles. The number of nitrogens with one attached hydrogen (secondary N) is 2. The Kier molecular flexibility index (Phi) is 6.21. The number of hydrogen-bond donors (Lipinski definition) is 2. The first kappa shape index (κ1) is 18.7.